The molecule has 0 aliphatic rings. The summed E-state index contributed by atoms with van der Waals surface area (Å²) in [5, 5.41) is 8.44. The second-order valence-electron chi connectivity index (χ2n) is 2.37. The van der Waals surface area contributed by atoms with Gasteiger partial charge in [-0.1, -0.05) is 0 Å². The SMILES string of the molecule is Cc1nc(Cl)oc1CCC(=O)O. The minimum Gasteiger partial charge on any atom is -0.481 e. The summed E-state index contributed by atoms with van der Waals surface area (Å²) >= 11 is 5.46. The maximum Gasteiger partial charge on any atom is 0.303 e. The van der Waals surface area contributed by atoms with Crippen LogP contribution < -0.4 is 0 Å². The van der Waals surface area contributed by atoms with E-state index in [0.717, 1.165) is 0 Å². The van der Waals surface area contributed by atoms with E-state index in [4.69, 9.17) is 21.1 Å². The lowest BCUT2D eigenvalue weighted by Gasteiger charge is -1.91. The number of nitrogens with zero attached hydrogens (tertiary/aromatic N) is 1. The summed E-state index contributed by atoms with van der Waals surface area (Å²) in [6, 6.07) is 0. The fourth-order valence-electron chi connectivity index (χ4n) is 0.845. The van der Waals surface area contributed by atoms with Gasteiger partial charge >= 0.3 is 5.97 Å². The third-order valence-electron chi connectivity index (χ3n) is 1.43. The molecular weight excluding hydrogens is 182 g/mol. The smallest absolute Gasteiger partial charge is 0.303 e. The fourth-order valence-corrected chi connectivity index (χ4v) is 1.06. The van der Waals surface area contributed by atoms with E-state index in [0.29, 0.717) is 17.9 Å². The molecule has 12 heavy (non-hydrogen) atoms. The van der Waals surface area contributed by atoms with Crippen LogP contribution in [-0.2, 0) is 11.2 Å². The van der Waals surface area contributed by atoms with Crippen molar-refractivity contribution in [2.24, 2.45) is 0 Å². The molecule has 4 nitrogen and oxygen atoms in total. The molecule has 0 aliphatic heterocycles. The molecule has 0 saturated carbocycles. The lowest BCUT2D eigenvalue weighted by atomic mass is 10.2. The maximum atomic E-state index is 10.2. The van der Waals surface area contributed by atoms with Crippen molar-refractivity contribution in [2.45, 2.75) is 19.8 Å². The summed E-state index contributed by atoms with van der Waals surface area (Å²) in [7, 11) is 0. The van der Waals surface area contributed by atoms with Gasteiger partial charge in [0.05, 0.1) is 12.1 Å². The van der Waals surface area contributed by atoms with Crippen LogP contribution in [0.15, 0.2) is 4.42 Å². The van der Waals surface area contributed by atoms with Gasteiger partial charge in [0, 0.05) is 6.42 Å². The largest absolute Gasteiger partial charge is 0.481 e. The summed E-state index contributed by atoms with van der Waals surface area (Å²) in [6.45, 7) is 1.73. The van der Waals surface area contributed by atoms with Crippen LogP contribution in [0.1, 0.15) is 17.9 Å². The molecular formula is C7H8ClNO3. The van der Waals surface area contributed by atoms with E-state index in [1.807, 2.05) is 0 Å². The first-order chi connectivity index (χ1) is 5.59. The first-order valence-electron chi connectivity index (χ1n) is 3.43. The summed E-state index contributed by atoms with van der Waals surface area (Å²) < 4.78 is 4.96. The van der Waals surface area contributed by atoms with Gasteiger partial charge in [0.1, 0.15) is 5.76 Å². The van der Waals surface area contributed by atoms with Gasteiger partial charge in [0.25, 0.3) is 5.35 Å². The maximum absolute atomic E-state index is 10.2. The second kappa shape index (κ2) is 3.58. The highest BCUT2D eigenvalue weighted by molar-refractivity contribution is 6.27. The van der Waals surface area contributed by atoms with Crippen molar-refractivity contribution in [3.05, 3.63) is 16.8 Å². The van der Waals surface area contributed by atoms with Gasteiger partial charge in [-0.3, -0.25) is 4.79 Å². The number of hydrogen-bond acceptors (Lipinski definition) is 3. The number of carboxylic acids is 1. The molecule has 0 fully saturated rings. The van der Waals surface area contributed by atoms with E-state index in [2.05, 4.69) is 4.98 Å². The number of oxazole rings is 1. The van der Waals surface area contributed by atoms with Crippen molar-refractivity contribution in [3.63, 3.8) is 0 Å². The summed E-state index contributed by atoms with van der Waals surface area (Å²) in [5.41, 5.74) is 0.654. The fraction of sp³-hybridized carbons (Fsp3) is 0.429. The van der Waals surface area contributed by atoms with Crippen molar-refractivity contribution in [3.8, 4) is 0 Å². The number of carboxylic acid groups (broad SMARTS) is 1. The van der Waals surface area contributed by atoms with E-state index >= 15 is 0 Å². The zero-order valence-electron chi connectivity index (χ0n) is 6.50. The number of halogens is 1. The number of carbonyl (C=O) groups is 1. The molecule has 66 valence electrons. The topological polar surface area (TPSA) is 63.3 Å². The first kappa shape index (κ1) is 9.06. The Balaban J connectivity index is 2.62. The molecule has 1 N–H and O–H groups in total. The molecule has 0 aliphatic carbocycles. The number of aliphatic carboxylic acids is 1. The van der Waals surface area contributed by atoms with Crippen molar-refractivity contribution in [1.82, 2.24) is 4.98 Å². The Hall–Kier alpha value is -1.03. The molecule has 0 spiro atoms. The highest BCUT2D eigenvalue weighted by atomic mass is 35.5. The highest BCUT2D eigenvalue weighted by Gasteiger charge is 2.08. The van der Waals surface area contributed by atoms with E-state index in [1.165, 1.54) is 0 Å². The molecule has 0 bridgehead atoms. The van der Waals surface area contributed by atoms with E-state index in [1.54, 1.807) is 6.92 Å². The predicted octanol–water partition coefficient (Wildman–Crippen LogP) is 1.65. The Morgan fingerprint density at radius 1 is 1.75 bits per heavy atom. The number of hydrogen-bond donors (Lipinski definition) is 1. The highest BCUT2D eigenvalue weighted by Crippen LogP contribution is 2.15. The van der Waals surface area contributed by atoms with Crippen LogP contribution in [0.3, 0.4) is 0 Å². The van der Waals surface area contributed by atoms with Crippen LogP contribution >= 0.6 is 11.6 Å². The van der Waals surface area contributed by atoms with E-state index in [-0.39, 0.29) is 11.8 Å². The third-order valence-corrected chi connectivity index (χ3v) is 1.59. The van der Waals surface area contributed by atoms with Crippen molar-refractivity contribution in [2.75, 3.05) is 0 Å². The zero-order valence-corrected chi connectivity index (χ0v) is 7.26. The van der Waals surface area contributed by atoms with Crippen molar-refractivity contribution in [1.29, 1.82) is 0 Å². The van der Waals surface area contributed by atoms with Crippen LogP contribution in [0.2, 0.25) is 5.35 Å². The Bertz CT molecular complexity index is 295. The third kappa shape index (κ3) is 2.23. The molecule has 5 heteroatoms. The molecule has 1 aromatic heterocycles. The summed E-state index contributed by atoms with van der Waals surface area (Å²) in [4.78, 5) is 14.0. The van der Waals surface area contributed by atoms with Gasteiger partial charge in [-0.15, -0.1) is 0 Å². The predicted molar refractivity (Wildman–Crippen MR) is 42.2 cm³/mol. The molecule has 0 amide bonds. The number of aryl methyl sites for hydroxylation is 2. The van der Waals surface area contributed by atoms with Crippen molar-refractivity contribution >= 4 is 17.6 Å². The Morgan fingerprint density at radius 2 is 2.42 bits per heavy atom. The van der Waals surface area contributed by atoms with Gasteiger partial charge in [-0.25, -0.2) is 4.98 Å². The monoisotopic (exact) mass is 189 g/mol. The lowest BCUT2D eigenvalue weighted by molar-refractivity contribution is -0.137. The van der Waals surface area contributed by atoms with Crippen molar-refractivity contribution < 1.29 is 14.3 Å². The molecule has 1 aromatic rings. The molecule has 0 saturated heterocycles. The van der Waals surface area contributed by atoms with Crippen LogP contribution in [0.4, 0.5) is 0 Å². The van der Waals surface area contributed by atoms with Crippen LogP contribution in [-0.4, -0.2) is 16.1 Å². The Morgan fingerprint density at radius 3 is 2.83 bits per heavy atom. The van der Waals surface area contributed by atoms with Crippen LogP contribution in [0, 0.1) is 6.92 Å². The van der Waals surface area contributed by atoms with Gasteiger partial charge < -0.3 is 9.52 Å². The van der Waals surface area contributed by atoms with Gasteiger partial charge in [-0.05, 0) is 18.5 Å². The van der Waals surface area contributed by atoms with Crippen LogP contribution in [0.25, 0.3) is 0 Å². The van der Waals surface area contributed by atoms with Gasteiger partial charge in [0.2, 0.25) is 0 Å². The van der Waals surface area contributed by atoms with Crippen LogP contribution in [0.5, 0.6) is 0 Å². The average Bonchev–Trinajstić information content (AvgIpc) is 2.26. The number of aromatic nitrogens is 1. The Kier molecular flexibility index (Phi) is 2.70. The molecule has 0 unspecified atom stereocenters. The first-order valence-corrected chi connectivity index (χ1v) is 3.81. The normalized spacial score (nSPS) is 10.2. The quantitative estimate of drug-likeness (QED) is 0.786. The molecule has 0 atom stereocenters. The molecule has 1 heterocycles. The lowest BCUT2D eigenvalue weighted by Crippen LogP contribution is -1.97. The Labute approximate surface area is 74.2 Å². The molecule has 0 aromatic carbocycles. The zero-order chi connectivity index (χ0) is 9.14. The number of rotatable bonds is 3. The molecule has 0 radical (unpaired) electrons. The second-order valence-corrected chi connectivity index (χ2v) is 2.69. The minimum absolute atomic E-state index is 0.0341. The average molecular weight is 190 g/mol. The minimum atomic E-state index is -0.859. The summed E-state index contributed by atoms with van der Waals surface area (Å²) in [5.74, 6) is -0.315. The van der Waals surface area contributed by atoms with Gasteiger partial charge in [0.15, 0.2) is 0 Å². The van der Waals surface area contributed by atoms with E-state index < -0.39 is 5.97 Å². The summed E-state index contributed by atoms with van der Waals surface area (Å²) in [6.07, 6.45) is 0.368. The van der Waals surface area contributed by atoms with Gasteiger partial charge in [-0.2, -0.15) is 0 Å². The molecule has 1 rings (SSSR count). The van der Waals surface area contributed by atoms with E-state index in [9.17, 15) is 4.79 Å². The standard InChI is InChI=1S/C7H8ClNO3/c1-4-5(2-3-6(10)11)12-7(8)9-4/h2-3H2,1H3,(H,10,11).